The number of likely N-dealkylation sites (tertiary alicyclic amines) is 1. The Bertz CT molecular complexity index is 985. The van der Waals surface area contributed by atoms with Crippen molar-refractivity contribution in [2.24, 2.45) is 0 Å². The molecular weight excluding hydrogens is 372 g/mol. The number of aromatic nitrogens is 2. The van der Waals surface area contributed by atoms with E-state index in [2.05, 4.69) is 15.2 Å². The van der Waals surface area contributed by atoms with Crippen molar-refractivity contribution in [1.82, 2.24) is 14.9 Å². The van der Waals surface area contributed by atoms with Crippen LogP contribution in [0, 0.1) is 13.8 Å². The number of benzene rings is 2. The zero-order chi connectivity index (χ0) is 19.7. The fourth-order valence-corrected chi connectivity index (χ4v) is 4.13. The number of nitrogens with one attached hydrogen (secondary N) is 2. The monoisotopic (exact) mass is 396 g/mol. The van der Waals surface area contributed by atoms with Crippen LogP contribution >= 0.6 is 11.6 Å². The van der Waals surface area contributed by atoms with E-state index < -0.39 is 0 Å². The van der Waals surface area contributed by atoms with Crippen molar-refractivity contribution < 1.29 is 4.79 Å². The number of H-pyrrole nitrogens is 1. The van der Waals surface area contributed by atoms with E-state index in [0.717, 1.165) is 59.6 Å². The first-order chi connectivity index (χ1) is 13.5. The Kier molecular flexibility index (Phi) is 5.38. The molecule has 1 aliphatic heterocycles. The Balaban J connectivity index is 1.34. The summed E-state index contributed by atoms with van der Waals surface area (Å²) < 4.78 is 0. The Labute approximate surface area is 170 Å². The number of rotatable bonds is 4. The Morgan fingerprint density at radius 1 is 1.21 bits per heavy atom. The molecule has 2 heterocycles. The van der Waals surface area contributed by atoms with Gasteiger partial charge in [0.05, 0.1) is 17.6 Å². The van der Waals surface area contributed by atoms with Crippen molar-refractivity contribution in [2.45, 2.75) is 32.6 Å². The molecule has 0 unspecified atom stereocenters. The van der Waals surface area contributed by atoms with Gasteiger partial charge in [0.2, 0.25) is 5.91 Å². The van der Waals surface area contributed by atoms with Gasteiger partial charge in [-0.25, -0.2) is 4.98 Å². The van der Waals surface area contributed by atoms with Gasteiger partial charge < -0.3 is 10.3 Å². The van der Waals surface area contributed by atoms with Gasteiger partial charge in [0.25, 0.3) is 0 Å². The van der Waals surface area contributed by atoms with Crippen molar-refractivity contribution in [1.29, 1.82) is 0 Å². The third kappa shape index (κ3) is 4.05. The second-order valence-corrected chi connectivity index (χ2v) is 8.09. The van der Waals surface area contributed by atoms with Crippen LogP contribution in [0.5, 0.6) is 0 Å². The summed E-state index contributed by atoms with van der Waals surface area (Å²) in [6.45, 7) is 6.25. The van der Waals surface area contributed by atoms with Crippen LogP contribution in [0.4, 0.5) is 5.69 Å². The fraction of sp³-hybridized carbons (Fsp3) is 0.364. The van der Waals surface area contributed by atoms with E-state index in [0.29, 0.717) is 17.5 Å². The van der Waals surface area contributed by atoms with Crippen LogP contribution in [-0.2, 0) is 4.79 Å². The molecule has 6 heteroatoms. The van der Waals surface area contributed by atoms with Gasteiger partial charge in [0.15, 0.2) is 0 Å². The van der Waals surface area contributed by atoms with Crippen LogP contribution in [0.2, 0.25) is 5.02 Å². The van der Waals surface area contributed by atoms with Gasteiger partial charge in [-0.1, -0.05) is 29.8 Å². The second kappa shape index (κ2) is 7.94. The first-order valence-corrected chi connectivity index (χ1v) is 10.1. The highest BCUT2D eigenvalue weighted by Crippen LogP contribution is 2.28. The number of nitrogens with zero attached hydrogens (tertiary/aromatic N) is 2. The predicted octanol–water partition coefficient (Wildman–Crippen LogP) is 4.65. The lowest BCUT2D eigenvalue weighted by molar-refractivity contribution is -0.117. The average Bonchev–Trinajstić information content (AvgIpc) is 3.08. The summed E-state index contributed by atoms with van der Waals surface area (Å²) in [6.07, 6.45) is 1.98. The molecule has 4 rings (SSSR count). The molecule has 1 amide bonds. The van der Waals surface area contributed by atoms with Crippen LogP contribution in [0.15, 0.2) is 36.4 Å². The SMILES string of the molecule is Cc1cccc(C)c1NC(=O)CN1CCC(c2nc3ccc(Cl)cc3[nH]2)CC1. The maximum atomic E-state index is 12.5. The molecule has 0 saturated carbocycles. The maximum absolute atomic E-state index is 12.5. The van der Waals surface area contributed by atoms with Crippen LogP contribution in [-0.4, -0.2) is 40.4 Å². The summed E-state index contributed by atoms with van der Waals surface area (Å²) in [4.78, 5) is 22.9. The maximum Gasteiger partial charge on any atom is 0.238 e. The number of piperidine rings is 1. The van der Waals surface area contributed by atoms with Crippen LogP contribution in [0.1, 0.15) is 35.7 Å². The van der Waals surface area contributed by atoms with Gasteiger partial charge in [-0.05, 0) is 69.1 Å². The molecular formula is C22H25ClN4O. The molecule has 28 heavy (non-hydrogen) atoms. The fourth-order valence-electron chi connectivity index (χ4n) is 3.95. The molecule has 1 aromatic heterocycles. The topological polar surface area (TPSA) is 61.0 Å². The van der Waals surface area contributed by atoms with Crippen LogP contribution in [0.25, 0.3) is 11.0 Å². The molecule has 2 aromatic carbocycles. The largest absolute Gasteiger partial charge is 0.342 e. The number of para-hydroxylation sites is 1. The molecule has 0 atom stereocenters. The second-order valence-electron chi connectivity index (χ2n) is 7.65. The number of hydrogen-bond acceptors (Lipinski definition) is 3. The lowest BCUT2D eigenvalue weighted by Gasteiger charge is -2.30. The molecule has 0 radical (unpaired) electrons. The summed E-state index contributed by atoms with van der Waals surface area (Å²) in [5, 5.41) is 3.80. The van der Waals surface area contributed by atoms with Crippen molar-refractivity contribution >= 4 is 34.2 Å². The van der Waals surface area contributed by atoms with Crippen molar-refractivity contribution in [2.75, 3.05) is 25.0 Å². The molecule has 0 bridgehead atoms. The van der Waals surface area contributed by atoms with Gasteiger partial charge in [0.1, 0.15) is 5.82 Å². The summed E-state index contributed by atoms with van der Waals surface area (Å²) in [5.41, 5.74) is 5.06. The molecule has 2 N–H and O–H groups in total. The van der Waals surface area contributed by atoms with E-state index >= 15 is 0 Å². The van der Waals surface area contributed by atoms with E-state index in [-0.39, 0.29) is 5.91 Å². The number of anilines is 1. The molecule has 1 aliphatic rings. The number of fused-ring (bicyclic) bond motifs is 1. The van der Waals surface area contributed by atoms with Crippen molar-refractivity contribution in [3.05, 3.63) is 58.4 Å². The van der Waals surface area contributed by atoms with E-state index in [1.165, 1.54) is 0 Å². The quantitative estimate of drug-likeness (QED) is 0.674. The smallest absolute Gasteiger partial charge is 0.238 e. The molecule has 0 aliphatic carbocycles. The zero-order valence-electron chi connectivity index (χ0n) is 16.3. The molecule has 3 aromatic rings. The van der Waals surface area contributed by atoms with Gasteiger partial charge in [-0.15, -0.1) is 0 Å². The highest BCUT2D eigenvalue weighted by molar-refractivity contribution is 6.31. The molecule has 1 fully saturated rings. The number of aromatic amines is 1. The summed E-state index contributed by atoms with van der Waals surface area (Å²) in [7, 11) is 0. The van der Waals surface area contributed by atoms with E-state index in [9.17, 15) is 4.79 Å². The minimum atomic E-state index is 0.0502. The molecule has 5 nitrogen and oxygen atoms in total. The van der Waals surface area contributed by atoms with E-state index in [1.54, 1.807) is 0 Å². The number of imidazole rings is 1. The number of amides is 1. The standard InChI is InChI=1S/C22H25ClN4O/c1-14-4-3-5-15(2)21(14)26-20(28)13-27-10-8-16(9-11-27)22-24-18-7-6-17(23)12-19(18)25-22/h3-7,12,16H,8-11,13H2,1-2H3,(H,24,25)(H,26,28). The summed E-state index contributed by atoms with van der Waals surface area (Å²) in [6, 6.07) is 11.8. The normalized spacial score (nSPS) is 15.8. The Morgan fingerprint density at radius 2 is 1.93 bits per heavy atom. The first-order valence-electron chi connectivity index (χ1n) is 9.73. The lowest BCUT2D eigenvalue weighted by Crippen LogP contribution is -2.39. The number of halogens is 1. The molecule has 146 valence electrons. The minimum Gasteiger partial charge on any atom is -0.342 e. The van der Waals surface area contributed by atoms with Crippen LogP contribution < -0.4 is 5.32 Å². The highest BCUT2D eigenvalue weighted by Gasteiger charge is 2.24. The predicted molar refractivity (Wildman–Crippen MR) is 114 cm³/mol. The van der Waals surface area contributed by atoms with Crippen LogP contribution in [0.3, 0.4) is 0 Å². The average molecular weight is 397 g/mol. The number of hydrogen-bond donors (Lipinski definition) is 2. The molecule has 0 spiro atoms. The molecule has 1 saturated heterocycles. The van der Waals surface area contributed by atoms with Gasteiger partial charge >= 0.3 is 0 Å². The third-order valence-corrected chi connectivity index (χ3v) is 5.78. The Hall–Kier alpha value is -2.37. The van der Waals surface area contributed by atoms with Gasteiger partial charge in [-0.2, -0.15) is 0 Å². The Morgan fingerprint density at radius 3 is 2.64 bits per heavy atom. The lowest BCUT2D eigenvalue weighted by atomic mass is 9.96. The number of carbonyl (C=O) groups is 1. The number of carbonyl (C=O) groups excluding carboxylic acids is 1. The van der Waals surface area contributed by atoms with Crippen molar-refractivity contribution in [3.63, 3.8) is 0 Å². The van der Waals surface area contributed by atoms with Gasteiger partial charge in [0, 0.05) is 16.6 Å². The first kappa shape index (κ1) is 19.0. The minimum absolute atomic E-state index is 0.0502. The van der Waals surface area contributed by atoms with E-state index in [4.69, 9.17) is 16.6 Å². The third-order valence-electron chi connectivity index (χ3n) is 5.55. The van der Waals surface area contributed by atoms with E-state index in [1.807, 2.05) is 50.2 Å². The highest BCUT2D eigenvalue weighted by atomic mass is 35.5. The zero-order valence-corrected chi connectivity index (χ0v) is 17.0. The summed E-state index contributed by atoms with van der Waals surface area (Å²) >= 11 is 6.07. The van der Waals surface area contributed by atoms with Gasteiger partial charge in [-0.3, -0.25) is 9.69 Å². The number of aryl methyl sites for hydroxylation is 2. The summed E-state index contributed by atoms with van der Waals surface area (Å²) in [5.74, 6) is 1.47. The van der Waals surface area contributed by atoms with Crippen molar-refractivity contribution in [3.8, 4) is 0 Å².